The van der Waals surface area contributed by atoms with Crippen LogP contribution in [0.25, 0.3) is 10.4 Å². The summed E-state index contributed by atoms with van der Waals surface area (Å²) in [4.78, 5) is 17.4. The van der Waals surface area contributed by atoms with Gasteiger partial charge in [-0.3, -0.25) is 9.69 Å². The van der Waals surface area contributed by atoms with Crippen LogP contribution in [-0.2, 0) is 4.79 Å². The molecular weight excluding hydrogens is 368 g/mol. The molecule has 1 amide bonds. The van der Waals surface area contributed by atoms with Gasteiger partial charge in [0, 0.05) is 10.7 Å². The first-order valence-electron chi connectivity index (χ1n) is 7.95. The number of aliphatic hydroxyl groups is 1. The highest BCUT2D eigenvalue weighted by atomic mass is 32.2. The van der Waals surface area contributed by atoms with E-state index in [1.165, 1.54) is 16.7 Å². The van der Waals surface area contributed by atoms with Crippen molar-refractivity contribution < 1.29 is 9.90 Å². The van der Waals surface area contributed by atoms with Crippen LogP contribution in [0.1, 0.15) is 23.3 Å². The summed E-state index contributed by atoms with van der Waals surface area (Å²) in [7, 11) is 0. The lowest BCUT2D eigenvalue weighted by Gasteiger charge is -2.28. The van der Waals surface area contributed by atoms with E-state index in [9.17, 15) is 9.90 Å². The second-order valence-corrected chi connectivity index (χ2v) is 7.37. The summed E-state index contributed by atoms with van der Waals surface area (Å²) < 4.78 is 0.419. The van der Waals surface area contributed by atoms with E-state index >= 15 is 0 Å². The molecule has 0 saturated carbocycles. The molecule has 0 aromatic heterocycles. The number of azide groups is 1. The van der Waals surface area contributed by atoms with Gasteiger partial charge in [0.15, 0.2) is 0 Å². The van der Waals surface area contributed by atoms with E-state index in [0.29, 0.717) is 15.6 Å². The van der Waals surface area contributed by atoms with Crippen LogP contribution in [0.4, 0.5) is 0 Å². The molecule has 132 valence electrons. The number of benzene rings is 2. The number of carbonyl (C=O) groups is 1. The van der Waals surface area contributed by atoms with Gasteiger partial charge in [0.05, 0.1) is 12.1 Å². The zero-order valence-electron chi connectivity index (χ0n) is 13.7. The molecule has 1 saturated heterocycles. The molecule has 1 aliphatic heterocycles. The number of thiocarbonyl (C=S) groups is 1. The molecule has 0 aliphatic carbocycles. The van der Waals surface area contributed by atoms with Crippen molar-refractivity contribution in [1.82, 2.24) is 4.90 Å². The number of rotatable bonds is 5. The fourth-order valence-corrected chi connectivity index (χ4v) is 4.28. The van der Waals surface area contributed by atoms with Crippen molar-refractivity contribution >= 4 is 34.2 Å². The third-order valence-electron chi connectivity index (χ3n) is 4.16. The molecule has 8 heteroatoms. The summed E-state index contributed by atoms with van der Waals surface area (Å²) in [5, 5.41) is 14.2. The normalized spacial score (nSPS) is 18.9. The molecule has 6 nitrogen and oxygen atoms in total. The highest BCUT2D eigenvalue weighted by molar-refractivity contribution is 8.23. The van der Waals surface area contributed by atoms with E-state index in [1.54, 1.807) is 30.3 Å². The van der Waals surface area contributed by atoms with E-state index in [-0.39, 0.29) is 6.04 Å². The van der Waals surface area contributed by atoms with Crippen molar-refractivity contribution in [2.45, 2.75) is 18.2 Å². The maximum Gasteiger partial charge on any atom is 0.240 e. The third-order valence-corrected chi connectivity index (χ3v) is 5.64. The summed E-state index contributed by atoms with van der Waals surface area (Å²) in [6.45, 7) is 0. The number of aliphatic hydroxyl groups excluding tert-OH is 1. The molecule has 26 heavy (non-hydrogen) atoms. The Labute approximate surface area is 160 Å². The Hall–Kier alpha value is -2.38. The van der Waals surface area contributed by atoms with Gasteiger partial charge in [-0.25, -0.2) is 0 Å². The molecule has 0 bridgehead atoms. The third kappa shape index (κ3) is 3.73. The lowest BCUT2D eigenvalue weighted by Crippen LogP contribution is -2.42. The highest BCUT2D eigenvalue weighted by Gasteiger charge is 2.40. The van der Waals surface area contributed by atoms with Crippen LogP contribution >= 0.6 is 24.0 Å². The van der Waals surface area contributed by atoms with E-state index in [0.717, 1.165) is 5.56 Å². The fraction of sp³-hybridized carbons (Fsp3) is 0.222. The molecule has 3 rings (SSSR count). The predicted octanol–water partition coefficient (Wildman–Crippen LogP) is 4.00. The van der Waals surface area contributed by atoms with Crippen molar-refractivity contribution in [3.63, 3.8) is 0 Å². The molecule has 0 unspecified atom stereocenters. The summed E-state index contributed by atoms with van der Waals surface area (Å²) in [6.07, 6.45) is -1.25. The van der Waals surface area contributed by atoms with Crippen molar-refractivity contribution in [2.24, 2.45) is 5.11 Å². The highest BCUT2D eigenvalue weighted by Crippen LogP contribution is 2.37. The van der Waals surface area contributed by atoms with Gasteiger partial charge < -0.3 is 5.11 Å². The SMILES string of the molecule is [N-]=[N+]=N[C@@H](C(=O)N1C(=S)SC[C@H]1c1ccccc1)[C@H](O)c1ccccc1. The Balaban J connectivity index is 1.92. The van der Waals surface area contributed by atoms with Crippen molar-refractivity contribution in [2.75, 3.05) is 5.75 Å². The van der Waals surface area contributed by atoms with E-state index in [4.69, 9.17) is 17.7 Å². The van der Waals surface area contributed by atoms with Crippen LogP contribution in [0.2, 0.25) is 0 Å². The predicted molar refractivity (Wildman–Crippen MR) is 105 cm³/mol. The van der Waals surface area contributed by atoms with Crippen LogP contribution in [-0.4, -0.2) is 32.0 Å². The minimum Gasteiger partial charge on any atom is -0.387 e. The standard InChI is InChI=1S/C18H16N4O2S2/c19-21-20-15(16(23)13-9-5-2-6-10-13)17(24)22-14(11-26-18(22)25)12-7-3-1-4-8-12/h1-10,14-16,23H,11H2/t14-,15+,16+/m0/s1. The lowest BCUT2D eigenvalue weighted by molar-refractivity contribution is -0.132. The largest absolute Gasteiger partial charge is 0.387 e. The number of hydrogen-bond acceptors (Lipinski definition) is 5. The van der Waals surface area contributed by atoms with Gasteiger partial charge in [-0.15, -0.1) is 0 Å². The van der Waals surface area contributed by atoms with Crippen LogP contribution in [0.15, 0.2) is 65.8 Å². The summed E-state index contributed by atoms with van der Waals surface area (Å²) in [5.41, 5.74) is 10.4. The maximum atomic E-state index is 13.1. The van der Waals surface area contributed by atoms with Crippen LogP contribution in [0, 0.1) is 0 Å². The first-order valence-corrected chi connectivity index (χ1v) is 9.35. The van der Waals surface area contributed by atoms with Crippen LogP contribution < -0.4 is 0 Å². The van der Waals surface area contributed by atoms with Crippen LogP contribution in [0.3, 0.4) is 0 Å². The van der Waals surface area contributed by atoms with Crippen LogP contribution in [0.5, 0.6) is 0 Å². The monoisotopic (exact) mass is 384 g/mol. The van der Waals surface area contributed by atoms with E-state index in [2.05, 4.69) is 10.0 Å². The lowest BCUT2D eigenvalue weighted by atomic mass is 10.0. The van der Waals surface area contributed by atoms with Gasteiger partial charge in [-0.2, -0.15) is 0 Å². The molecular formula is C18H16N4O2S2. The molecule has 3 atom stereocenters. The average Bonchev–Trinajstić information content (AvgIpc) is 3.08. The topological polar surface area (TPSA) is 89.3 Å². The number of hydrogen-bond donors (Lipinski definition) is 1. The Morgan fingerprint density at radius 1 is 1.23 bits per heavy atom. The second kappa shape index (κ2) is 8.33. The van der Waals surface area contributed by atoms with Gasteiger partial charge >= 0.3 is 0 Å². The van der Waals surface area contributed by atoms with Gasteiger partial charge in [-0.05, 0) is 16.7 Å². The van der Waals surface area contributed by atoms with Crippen molar-refractivity contribution in [3.05, 3.63) is 82.2 Å². The zero-order chi connectivity index (χ0) is 18.5. The molecule has 2 aromatic carbocycles. The van der Waals surface area contributed by atoms with Gasteiger partial charge in [0.2, 0.25) is 5.91 Å². The Morgan fingerprint density at radius 2 is 1.85 bits per heavy atom. The molecule has 1 fully saturated rings. The molecule has 0 radical (unpaired) electrons. The van der Waals surface area contributed by atoms with Crippen molar-refractivity contribution in [1.29, 1.82) is 0 Å². The Bertz CT molecular complexity index is 837. The molecule has 1 N–H and O–H groups in total. The summed E-state index contributed by atoms with van der Waals surface area (Å²) in [5.74, 6) is 0.127. The maximum absolute atomic E-state index is 13.1. The van der Waals surface area contributed by atoms with Gasteiger partial charge in [-0.1, -0.05) is 89.8 Å². The first-order chi connectivity index (χ1) is 12.6. The number of nitrogens with zero attached hydrogens (tertiary/aromatic N) is 4. The minimum absolute atomic E-state index is 0.249. The van der Waals surface area contributed by atoms with E-state index < -0.39 is 18.1 Å². The smallest absolute Gasteiger partial charge is 0.240 e. The zero-order valence-corrected chi connectivity index (χ0v) is 15.3. The van der Waals surface area contributed by atoms with Gasteiger partial charge in [0.25, 0.3) is 0 Å². The molecule has 1 aliphatic rings. The van der Waals surface area contributed by atoms with Crippen molar-refractivity contribution in [3.8, 4) is 0 Å². The number of carbonyl (C=O) groups excluding carboxylic acids is 1. The minimum atomic E-state index is -1.29. The Kier molecular flexibility index (Phi) is 5.90. The van der Waals surface area contributed by atoms with E-state index in [1.807, 2.05) is 30.3 Å². The number of amides is 1. The molecule has 1 heterocycles. The number of thioether (sulfide) groups is 1. The molecule has 0 spiro atoms. The summed E-state index contributed by atoms with van der Waals surface area (Å²) >= 11 is 6.75. The quantitative estimate of drug-likeness (QED) is 0.365. The average molecular weight is 384 g/mol. The molecule has 2 aromatic rings. The Morgan fingerprint density at radius 3 is 2.46 bits per heavy atom. The fourth-order valence-electron chi connectivity index (χ4n) is 2.86. The summed E-state index contributed by atoms with van der Waals surface area (Å²) in [6, 6.07) is 16.7. The second-order valence-electron chi connectivity index (χ2n) is 5.72. The first kappa shape index (κ1) is 18.4. The van der Waals surface area contributed by atoms with Gasteiger partial charge in [0.1, 0.15) is 10.4 Å².